The van der Waals surface area contributed by atoms with Gasteiger partial charge in [0, 0.05) is 13.2 Å². The number of pyridine rings is 1. The Morgan fingerprint density at radius 3 is 3.18 bits per heavy atom. The Kier molecular flexibility index (Phi) is 2.29. The summed E-state index contributed by atoms with van der Waals surface area (Å²) in [7, 11) is 1.97. The van der Waals surface area contributed by atoms with E-state index in [2.05, 4.69) is 10.3 Å². The fraction of sp³-hybridized carbons (Fsp3) is 0.500. The molecule has 1 saturated heterocycles. The first kappa shape index (κ1) is 10.5. The van der Waals surface area contributed by atoms with Crippen LogP contribution in [0.25, 0.3) is 0 Å². The number of carbonyl (C=O) groups is 1. The highest BCUT2D eigenvalue weighted by molar-refractivity contribution is 5.97. The molecule has 0 aliphatic carbocycles. The summed E-state index contributed by atoms with van der Waals surface area (Å²) in [6, 6.07) is 2.05. The molecule has 5 nitrogen and oxygen atoms in total. The van der Waals surface area contributed by atoms with E-state index in [1.165, 1.54) is 0 Å². The van der Waals surface area contributed by atoms with E-state index in [4.69, 9.17) is 4.74 Å². The summed E-state index contributed by atoms with van der Waals surface area (Å²) in [6.45, 7) is 3.05. The number of ether oxygens (including phenoxy) is 1. The average Bonchev–Trinajstić information content (AvgIpc) is 2.74. The van der Waals surface area contributed by atoms with Crippen LogP contribution in [0.3, 0.4) is 0 Å². The zero-order valence-electron chi connectivity index (χ0n) is 9.93. The van der Waals surface area contributed by atoms with Gasteiger partial charge in [-0.05, 0) is 18.6 Å². The Balaban J connectivity index is 2.08. The number of anilines is 2. The number of rotatable bonds is 0. The molecular weight excluding hydrogens is 218 g/mol. The van der Waals surface area contributed by atoms with Crippen molar-refractivity contribution >= 4 is 17.4 Å². The quantitative estimate of drug-likeness (QED) is 0.720. The van der Waals surface area contributed by atoms with Crippen molar-refractivity contribution in [3.05, 3.63) is 17.8 Å². The van der Waals surface area contributed by atoms with Crippen LogP contribution < -0.4 is 10.2 Å². The molecule has 0 spiro atoms. The molecule has 1 fully saturated rings. The SMILES string of the molecule is Cc1cnc2c(c1)NC(=O)C1COCC1N2C. The predicted octanol–water partition coefficient (Wildman–Crippen LogP) is 0.793. The van der Waals surface area contributed by atoms with Gasteiger partial charge in [0.25, 0.3) is 0 Å². The highest BCUT2D eigenvalue weighted by atomic mass is 16.5. The van der Waals surface area contributed by atoms with Crippen LogP contribution in [-0.2, 0) is 9.53 Å². The van der Waals surface area contributed by atoms with E-state index in [0.717, 1.165) is 17.1 Å². The number of fused-ring (bicyclic) bond motifs is 2. The van der Waals surface area contributed by atoms with Gasteiger partial charge in [0.15, 0.2) is 5.82 Å². The smallest absolute Gasteiger partial charge is 0.232 e. The van der Waals surface area contributed by atoms with Crippen molar-refractivity contribution in [3.8, 4) is 0 Å². The second-order valence-corrected chi connectivity index (χ2v) is 4.70. The van der Waals surface area contributed by atoms with Crippen LogP contribution >= 0.6 is 0 Å². The zero-order valence-corrected chi connectivity index (χ0v) is 9.93. The number of nitrogens with one attached hydrogen (secondary N) is 1. The van der Waals surface area contributed by atoms with Gasteiger partial charge in [0.2, 0.25) is 5.91 Å². The molecule has 1 amide bonds. The first-order valence-corrected chi connectivity index (χ1v) is 5.75. The number of nitrogens with zero attached hydrogens (tertiary/aromatic N) is 2. The van der Waals surface area contributed by atoms with Gasteiger partial charge in [0.05, 0.1) is 30.9 Å². The largest absolute Gasteiger partial charge is 0.378 e. The number of aryl methyl sites for hydroxylation is 1. The molecule has 17 heavy (non-hydrogen) atoms. The van der Waals surface area contributed by atoms with Crippen LogP contribution in [0.5, 0.6) is 0 Å². The first-order chi connectivity index (χ1) is 8.16. The lowest BCUT2D eigenvalue weighted by atomic mass is 10.0. The Labute approximate surface area is 99.8 Å². The maximum atomic E-state index is 12.1. The highest BCUT2D eigenvalue weighted by Crippen LogP contribution is 2.33. The fourth-order valence-electron chi connectivity index (χ4n) is 2.49. The Bertz CT molecular complexity index is 475. The lowest BCUT2D eigenvalue weighted by molar-refractivity contribution is -0.120. The topological polar surface area (TPSA) is 54.5 Å². The Morgan fingerprint density at radius 2 is 2.35 bits per heavy atom. The maximum absolute atomic E-state index is 12.1. The standard InChI is InChI=1S/C12H15N3O2/c1-7-3-9-11(13-4-7)15(2)10-6-17-5-8(10)12(16)14-9/h3-4,8,10H,5-6H2,1-2H3,(H,14,16). The number of hydrogen-bond acceptors (Lipinski definition) is 4. The normalized spacial score (nSPS) is 27.2. The number of carbonyl (C=O) groups excluding carboxylic acids is 1. The molecule has 0 aromatic carbocycles. The van der Waals surface area contributed by atoms with E-state index >= 15 is 0 Å². The Hall–Kier alpha value is -1.62. The summed E-state index contributed by atoms with van der Waals surface area (Å²) in [5, 5.41) is 2.94. The van der Waals surface area contributed by atoms with Crippen LogP contribution in [0.2, 0.25) is 0 Å². The van der Waals surface area contributed by atoms with E-state index in [-0.39, 0.29) is 17.9 Å². The maximum Gasteiger partial charge on any atom is 0.232 e. The molecule has 2 aliphatic rings. The van der Waals surface area contributed by atoms with Crippen LogP contribution in [0, 0.1) is 12.8 Å². The van der Waals surface area contributed by atoms with Gasteiger partial charge in [-0.3, -0.25) is 4.79 Å². The highest BCUT2D eigenvalue weighted by Gasteiger charge is 2.40. The second-order valence-electron chi connectivity index (χ2n) is 4.70. The number of hydrogen-bond donors (Lipinski definition) is 1. The molecule has 0 radical (unpaired) electrons. The molecule has 5 heteroatoms. The molecule has 1 aromatic rings. The van der Waals surface area contributed by atoms with Gasteiger partial charge in [-0.2, -0.15) is 0 Å². The molecule has 3 rings (SSSR count). The molecule has 2 atom stereocenters. The average molecular weight is 233 g/mol. The minimum atomic E-state index is -0.102. The number of likely N-dealkylation sites (N-methyl/N-ethyl adjacent to an activating group) is 1. The van der Waals surface area contributed by atoms with Crippen molar-refractivity contribution in [1.82, 2.24) is 4.98 Å². The van der Waals surface area contributed by atoms with Gasteiger partial charge >= 0.3 is 0 Å². The summed E-state index contributed by atoms with van der Waals surface area (Å²) >= 11 is 0. The van der Waals surface area contributed by atoms with Crippen molar-refractivity contribution in [1.29, 1.82) is 0 Å². The number of aromatic nitrogens is 1. The molecule has 0 saturated carbocycles. The fourth-order valence-corrected chi connectivity index (χ4v) is 2.49. The van der Waals surface area contributed by atoms with Gasteiger partial charge in [0.1, 0.15) is 0 Å². The third kappa shape index (κ3) is 1.58. The lowest BCUT2D eigenvalue weighted by Gasteiger charge is -2.25. The molecule has 90 valence electrons. The van der Waals surface area contributed by atoms with Crippen molar-refractivity contribution in [2.75, 3.05) is 30.5 Å². The summed E-state index contributed by atoms with van der Waals surface area (Å²) in [4.78, 5) is 18.5. The van der Waals surface area contributed by atoms with Gasteiger partial charge in [-0.1, -0.05) is 0 Å². The molecule has 1 N–H and O–H groups in total. The van der Waals surface area contributed by atoms with E-state index in [9.17, 15) is 4.79 Å². The minimum absolute atomic E-state index is 0.0329. The lowest BCUT2D eigenvalue weighted by Crippen LogP contribution is -2.40. The predicted molar refractivity (Wildman–Crippen MR) is 64.1 cm³/mol. The second kappa shape index (κ2) is 3.70. The van der Waals surface area contributed by atoms with E-state index in [0.29, 0.717) is 13.2 Å². The van der Waals surface area contributed by atoms with Crippen LogP contribution in [0.15, 0.2) is 12.3 Å². The summed E-state index contributed by atoms with van der Waals surface area (Å²) in [6.07, 6.45) is 1.82. The minimum Gasteiger partial charge on any atom is -0.378 e. The molecular formula is C12H15N3O2. The van der Waals surface area contributed by atoms with Crippen molar-refractivity contribution in [3.63, 3.8) is 0 Å². The Morgan fingerprint density at radius 1 is 1.53 bits per heavy atom. The summed E-state index contributed by atoms with van der Waals surface area (Å²) in [5.41, 5.74) is 1.84. The third-order valence-corrected chi connectivity index (χ3v) is 3.48. The van der Waals surface area contributed by atoms with E-state index < -0.39 is 0 Å². The third-order valence-electron chi connectivity index (χ3n) is 3.48. The van der Waals surface area contributed by atoms with Crippen molar-refractivity contribution in [2.24, 2.45) is 5.92 Å². The van der Waals surface area contributed by atoms with E-state index in [1.54, 1.807) is 0 Å². The van der Waals surface area contributed by atoms with Gasteiger partial charge in [-0.25, -0.2) is 4.98 Å². The van der Waals surface area contributed by atoms with Crippen molar-refractivity contribution < 1.29 is 9.53 Å². The van der Waals surface area contributed by atoms with Gasteiger partial charge < -0.3 is 15.0 Å². The molecule has 2 aliphatic heterocycles. The number of amides is 1. The zero-order chi connectivity index (χ0) is 12.0. The van der Waals surface area contributed by atoms with Crippen molar-refractivity contribution in [2.45, 2.75) is 13.0 Å². The monoisotopic (exact) mass is 233 g/mol. The summed E-state index contributed by atoms with van der Waals surface area (Å²) < 4.78 is 5.40. The molecule has 2 unspecified atom stereocenters. The first-order valence-electron chi connectivity index (χ1n) is 5.75. The van der Waals surface area contributed by atoms with Crippen LogP contribution in [0.1, 0.15) is 5.56 Å². The van der Waals surface area contributed by atoms with Crippen LogP contribution in [0.4, 0.5) is 11.5 Å². The van der Waals surface area contributed by atoms with E-state index in [1.807, 2.05) is 31.1 Å². The van der Waals surface area contributed by atoms with Crippen LogP contribution in [-0.4, -0.2) is 37.2 Å². The molecule has 3 heterocycles. The summed E-state index contributed by atoms with van der Waals surface area (Å²) in [5.74, 6) is 0.752. The molecule has 0 bridgehead atoms. The van der Waals surface area contributed by atoms with Gasteiger partial charge in [-0.15, -0.1) is 0 Å². The molecule has 1 aromatic heterocycles.